The molecule has 1 aliphatic rings. The first kappa shape index (κ1) is 13.1. The van der Waals surface area contributed by atoms with Crippen LogP contribution in [0.2, 0.25) is 0 Å². The molecule has 1 fully saturated rings. The summed E-state index contributed by atoms with van der Waals surface area (Å²) >= 11 is 0. The number of halogens is 3. The molecule has 1 nitrogen and oxygen atoms in total. The molecule has 0 aromatic heterocycles. The second-order valence-corrected chi connectivity index (χ2v) is 4.82. The normalized spacial score (nSPS) is 17.1. The minimum atomic E-state index is -4.34. The molecule has 98 valence electrons. The highest BCUT2D eigenvalue weighted by molar-refractivity contribution is 5.83. The Morgan fingerprint density at radius 1 is 1.22 bits per heavy atom. The fourth-order valence-electron chi connectivity index (χ4n) is 2.45. The number of carbonyl (C=O) groups excluding carboxylic acids is 1. The van der Waals surface area contributed by atoms with Gasteiger partial charge in [-0.05, 0) is 24.5 Å². The molecule has 2 rings (SSSR count). The summed E-state index contributed by atoms with van der Waals surface area (Å²) in [7, 11) is 0. The molecule has 1 aromatic rings. The Bertz CT molecular complexity index is 431. The van der Waals surface area contributed by atoms with Crippen molar-refractivity contribution in [2.75, 3.05) is 0 Å². The molecule has 1 aromatic carbocycles. The maximum atomic E-state index is 12.5. The van der Waals surface area contributed by atoms with Gasteiger partial charge in [0.2, 0.25) is 0 Å². The fraction of sp³-hybridized carbons (Fsp3) is 0.500. The lowest BCUT2D eigenvalue weighted by molar-refractivity contribution is -0.137. The van der Waals surface area contributed by atoms with Crippen molar-refractivity contribution in [3.63, 3.8) is 0 Å². The zero-order valence-electron chi connectivity index (χ0n) is 9.96. The Hall–Kier alpha value is -1.32. The van der Waals surface area contributed by atoms with Gasteiger partial charge in [-0.25, -0.2) is 0 Å². The Morgan fingerprint density at radius 2 is 1.89 bits per heavy atom. The van der Waals surface area contributed by atoms with Gasteiger partial charge in [0, 0.05) is 12.3 Å². The first-order valence-electron chi connectivity index (χ1n) is 6.15. The van der Waals surface area contributed by atoms with Crippen molar-refractivity contribution >= 4 is 5.78 Å². The highest BCUT2D eigenvalue weighted by Crippen LogP contribution is 2.30. The van der Waals surface area contributed by atoms with Crippen molar-refractivity contribution < 1.29 is 18.0 Å². The second kappa shape index (κ2) is 5.12. The first-order chi connectivity index (χ1) is 8.47. The van der Waals surface area contributed by atoms with Gasteiger partial charge in [0.1, 0.15) is 5.78 Å². The summed E-state index contributed by atoms with van der Waals surface area (Å²) in [6.45, 7) is 0. The van der Waals surface area contributed by atoms with E-state index in [2.05, 4.69) is 0 Å². The maximum Gasteiger partial charge on any atom is 0.416 e. The molecule has 4 heteroatoms. The van der Waals surface area contributed by atoms with Gasteiger partial charge in [-0.3, -0.25) is 4.79 Å². The van der Waals surface area contributed by atoms with Crippen LogP contribution in [0, 0.1) is 5.92 Å². The van der Waals surface area contributed by atoms with Crippen molar-refractivity contribution in [3.05, 3.63) is 35.4 Å². The van der Waals surface area contributed by atoms with Crippen LogP contribution in [-0.2, 0) is 17.4 Å². The van der Waals surface area contributed by atoms with Gasteiger partial charge in [-0.1, -0.05) is 31.0 Å². The molecule has 0 amide bonds. The van der Waals surface area contributed by atoms with Gasteiger partial charge >= 0.3 is 6.18 Å². The Labute approximate surface area is 104 Å². The van der Waals surface area contributed by atoms with Crippen LogP contribution in [0.25, 0.3) is 0 Å². The Morgan fingerprint density at radius 3 is 2.50 bits per heavy atom. The predicted octanol–water partition coefficient (Wildman–Crippen LogP) is 4.01. The van der Waals surface area contributed by atoms with Crippen LogP contribution in [0.5, 0.6) is 0 Å². The number of ketones is 1. The summed E-state index contributed by atoms with van der Waals surface area (Å²) in [5.41, 5.74) is -0.221. The van der Waals surface area contributed by atoms with Crippen molar-refractivity contribution in [1.82, 2.24) is 0 Å². The first-order valence-corrected chi connectivity index (χ1v) is 6.15. The molecule has 1 saturated carbocycles. The Balaban J connectivity index is 2.07. The molecule has 0 aliphatic heterocycles. The van der Waals surface area contributed by atoms with Crippen LogP contribution >= 0.6 is 0 Å². The smallest absolute Gasteiger partial charge is 0.299 e. The predicted molar refractivity (Wildman–Crippen MR) is 62.1 cm³/mol. The molecule has 0 spiro atoms. The summed E-state index contributed by atoms with van der Waals surface area (Å²) in [4.78, 5) is 11.9. The summed E-state index contributed by atoms with van der Waals surface area (Å²) in [6.07, 6.45) is -0.339. The van der Waals surface area contributed by atoms with E-state index in [1.807, 2.05) is 0 Å². The zero-order chi connectivity index (χ0) is 13.2. The summed E-state index contributed by atoms with van der Waals surface area (Å²) in [6, 6.07) is 5.05. The van der Waals surface area contributed by atoms with Crippen molar-refractivity contribution in [2.45, 2.75) is 38.3 Å². The average Bonchev–Trinajstić information content (AvgIpc) is 2.81. The topological polar surface area (TPSA) is 17.1 Å². The van der Waals surface area contributed by atoms with Crippen LogP contribution in [0.15, 0.2) is 24.3 Å². The van der Waals surface area contributed by atoms with E-state index < -0.39 is 11.7 Å². The van der Waals surface area contributed by atoms with E-state index in [1.54, 1.807) is 6.07 Å². The summed E-state index contributed by atoms with van der Waals surface area (Å²) in [5.74, 6) is 0.131. The molecular weight excluding hydrogens is 241 g/mol. The second-order valence-electron chi connectivity index (χ2n) is 4.82. The highest BCUT2D eigenvalue weighted by atomic mass is 19.4. The Kier molecular flexibility index (Phi) is 3.73. The van der Waals surface area contributed by atoms with E-state index in [0.29, 0.717) is 5.56 Å². The minimum Gasteiger partial charge on any atom is -0.299 e. The average molecular weight is 256 g/mol. The molecule has 0 atom stereocenters. The van der Waals surface area contributed by atoms with E-state index in [0.717, 1.165) is 37.8 Å². The van der Waals surface area contributed by atoms with Gasteiger partial charge < -0.3 is 0 Å². The molecule has 0 heterocycles. The lowest BCUT2D eigenvalue weighted by Gasteiger charge is -2.10. The lowest BCUT2D eigenvalue weighted by atomic mass is 9.96. The van der Waals surface area contributed by atoms with E-state index in [9.17, 15) is 18.0 Å². The standard InChI is InChI=1S/C14H15F3O/c15-14(16,17)12-7-3-4-10(8-12)9-13(18)11-5-1-2-6-11/h3-4,7-8,11H,1-2,5-6,9H2. The van der Waals surface area contributed by atoms with Gasteiger partial charge in [0.15, 0.2) is 0 Å². The third kappa shape index (κ3) is 3.12. The van der Waals surface area contributed by atoms with Crippen LogP contribution < -0.4 is 0 Å². The van der Waals surface area contributed by atoms with Crippen molar-refractivity contribution in [3.8, 4) is 0 Å². The monoisotopic (exact) mass is 256 g/mol. The fourth-order valence-corrected chi connectivity index (χ4v) is 2.45. The van der Waals surface area contributed by atoms with Crippen molar-refractivity contribution in [1.29, 1.82) is 0 Å². The minimum absolute atomic E-state index is 0.0551. The molecule has 0 radical (unpaired) electrons. The highest BCUT2D eigenvalue weighted by Gasteiger charge is 2.30. The summed E-state index contributed by atoms with van der Waals surface area (Å²) in [5, 5.41) is 0. The van der Waals surface area contributed by atoms with Crippen LogP contribution in [-0.4, -0.2) is 5.78 Å². The number of hydrogen-bond acceptors (Lipinski definition) is 1. The number of hydrogen-bond donors (Lipinski definition) is 0. The third-order valence-corrected chi connectivity index (χ3v) is 3.44. The molecule has 0 N–H and O–H groups in total. The zero-order valence-corrected chi connectivity index (χ0v) is 9.96. The largest absolute Gasteiger partial charge is 0.416 e. The summed E-state index contributed by atoms with van der Waals surface area (Å²) < 4.78 is 37.6. The van der Waals surface area contributed by atoms with Gasteiger partial charge in [0.25, 0.3) is 0 Å². The van der Waals surface area contributed by atoms with Crippen LogP contribution in [0.4, 0.5) is 13.2 Å². The maximum absolute atomic E-state index is 12.5. The van der Waals surface area contributed by atoms with Gasteiger partial charge in [-0.15, -0.1) is 0 Å². The number of carbonyl (C=O) groups is 1. The molecule has 1 aliphatic carbocycles. The number of alkyl halides is 3. The van der Waals surface area contributed by atoms with E-state index in [1.165, 1.54) is 6.07 Å². The van der Waals surface area contributed by atoms with Gasteiger partial charge in [-0.2, -0.15) is 13.2 Å². The van der Waals surface area contributed by atoms with Gasteiger partial charge in [0.05, 0.1) is 5.56 Å². The SMILES string of the molecule is O=C(Cc1cccc(C(F)(F)F)c1)C1CCCC1. The van der Waals surface area contributed by atoms with Crippen molar-refractivity contribution in [2.24, 2.45) is 5.92 Å². The van der Waals surface area contributed by atoms with E-state index in [4.69, 9.17) is 0 Å². The number of rotatable bonds is 3. The molecular formula is C14H15F3O. The third-order valence-electron chi connectivity index (χ3n) is 3.44. The van der Waals surface area contributed by atoms with Crippen LogP contribution in [0.1, 0.15) is 36.8 Å². The number of Topliss-reactive ketones (excluding diaryl/α,β-unsaturated/α-hetero) is 1. The lowest BCUT2D eigenvalue weighted by Crippen LogP contribution is -2.14. The quantitative estimate of drug-likeness (QED) is 0.798. The molecule has 0 bridgehead atoms. The van der Waals surface area contributed by atoms with Crippen LogP contribution in [0.3, 0.4) is 0 Å². The molecule has 18 heavy (non-hydrogen) atoms. The number of benzene rings is 1. The van der Waals surface area contributed by atoms with E-state index >= 15 is 0 Å². The molecule has 0 saturated heterocycles. The molecule has 0 unspecified atom stereocenters. The van der Waals surface area contributed by atoms with E-state index in [-0.39, 0.29) is 18.1 Å².